The molecule has 0 unspecified atom stereocenters. The number of methoxy groups -OCH3 is 2. The number of amides is 1. The Labute approximate surface area is 171 Å². The number of carbonyl (C=O) groups excluding carboxylic acids is 1. The minimum atomic E-state index is -0.458. The zero-order chi connectivity index (χ0) is 20.8. The second-order valence-corrected chi connectivity index (χ2v) is 6.95. The summed E-state index contributed by atoms with van der Waals surface area (Å²) >= 11 is 1.44. The predicted octanol–water partition coefficient (Wildman–Crippen LogP) is 3.59. The van der Waals surface area contributed by atoms with Crippen LogP contribution in [0.3, 0.4) is 0 Å². The summed E-state index contributed by atoms with van der Waals surface area (Å²) in [6, 6.07) is 11.6. The van der Waals surface area contributed by atoms with Gasteiger partial charge in [-0.3, -0.25) is 14.9 Å². The first-order valence-electron chi connectivity index (χ1n) is 8.67. The number of benzene rings is 2. The number of nitrogens with one attached hydrogen (secondary N) is 1. The molecule has 8 nitrogen and oxygen atoms in total. The number of hydrogen-bond acceptors (Lipinski definition) is 7. The largest absolute Gasteiger partial charge is 0.493 e. The van der Waals surface area contributed by atoms with E-state index >= 15 is 0 Å². The summed E-state index contributed by atoms with van der Waals surface area (Å²) in [5.74, 6) is 1.08. The lowest BCUT2D eigenvalue weighted by Crippen LogP contribution is -2.24. The van der Waals surface area contributed by atoms with Crippen LogP contribution >= 0.6 is 11.3 Å². The Morgan fingerprint density at radius 1 is 1.14 bits per heavy atom. The molecule has 1 heterocycles. The van der Waals surface area contributed by atoms with Gasteiger partial charge in [0, 0.05) is 29.6 Å². The van der Waals surface area contributed by atoms with Crippen LogP contribution in [0, 0.1) is 10.1 Å². The molecule has 0 radical (unpaired) electrons. The smallest absolute Gasteiger partial charge is 0.269 e. The van der Waals surface area contributed by atoms with Gasteiger partial charge >= 0.3 is 0 Å². The summed E-state index contributed by atoms with van der Waals surface area (Å²) in [7, 11) is 3.15. The van der Waals surface area contributed by atoms with E-state index in [0.717, 1.165) is 16.1 Å². The van der Waals surface area contributed by atoms with Gasteiger partial charge in [0.25, 0.3) is 5.69 Å². The van der Waals surface area contributed by atoms with Crippen molar-refractivity contribution in [3.05, 3.63) is 69.2 Å². The van der Waals surface area contributed by atoms with Gasteiger partial charge in [0.05, 0.1) is 31.3 Å². The SMILES string of the molecule is COc1ccc(-c2nc(CC(=O)NCc3ccc([N+](=O)[O-])cc3)cs2)cc1OC. The maximum absolute atomic E-state index is 12.2. The lowest BCUT2D eigenvalue weighted by atomic mass is 10.2. The number of rotatable bonds is 8. The fraction of sp³-hybridized carbons (Fsp3) is 0.200. The highest BCUT2D eigenvalue weighted by Crippen LogP contribution is 2.33. The van der Waals surface area contributed by atoms with Gasteiger partial charge < -0.3 is 14.8 Å². The summed E-state index contributed by atoms with van der Waals surface area (Å²) in [4.78, 5) is 26.9. The van der Waals surface area contributed by atoms with E-state index in [0.29, 0.717) is 23.7 Å². The molecule has 150 valence electrons. The van der Waals surface area contributed by atoms with E-state index in [9.17, 15) is 14.9 Å². The monoisotopic (exact) mass is 413 g/mol. The lowest BCUT2D eigenvalue weighted by molar-refractivity contribution is -0.384. The molecule has 0 aliphatic heterocycles. The number of nitro groups is 1. The highest BCUT2D eigenvalue weighted by Gasteiger charge is 2.12. The van der Waals surface area contributed by atoms with Gasteiger partial charge in [-0.15, -0.1) is 11.3 Å². The fourth-order valence-electron chi connectivity index (χ4n) is 2.65. The Bertz CT molecular complexity index is 1020. The van der Waals surface area contributed by atoms with Crippen molar-refractivity contribution >= 4 is 22.9 Å². The Hall–Kier alpha value is -3.46. The van der Waals surface area contributed by atoms with E-state index in [4.69, 9.17) is 9.47 Å². The molecule has 0 saturated carbocycles. The minimum absolute atomic E-state index is 0.0187. The van der Waals surface area contributed by atoms with Crippen LogP contribution in [0.15, 0.2) is 47.8 Å². The van der Waals surface area contributed by atoms with Crippen molar-refractivity contribution in [2.45, 2.75) is 13.0 Å². The number of nitrogens with zero attached hydrogens (tertiary/aromatic N) is 2. The van der Waals surface area contributed by atoms with Gasteiger partial charge in [-0.2, -0.15) is 0 Å². The molecule has 0 spiro atoms. The van der Waals surface area contributed by atoms with E-state index in [1.807, 2.05) is 23.6 Å². The first-order chi connectivity index (χ1) is 14.0. The topological polar surface area (TPSA) is 104 Å². The van der Waals surface area contributed by atoms with E-state index in [-0.39, 0.29) is 18.0 Å². The molecule has 1 N–H and O–H groups in total. The number of aromatic nitrogens is 1. The number of nitro benzene ring substituents is 1. The van der Waals surface area contributed by atoms with Gasteiger partial charge in [-0.1, -0.05) is 12.1 Å². The third-order valence-corrected chi connectivity index (χ3v) is 5.10. The molecule has 0 aliphatic carbocycles. The molecule has 9 heteroatoms. The Morgan fingerprint density at radius 2 is 1.86 bits per heavy atom. The molecule has 0 aliphatic rings. The molecular formula is C20H19N3O5S. The Kier molecular flexibility index (Phi) is 6.40. The highest BCUT2D eigenvalue weighted by atomic mass is 32.1. The van der Waals surface area contributed by atoms with Crippen molar-refractivity contribution in [1.29, 1.82) is 0 Å². The average molecular weight is 413 g/mol. The third kappa shape index (κ3) is 5.08. The maximum atomic E-state index is 12.2. The summed E-state index contributed by atoms with van der Waals surface area (Å²) in [5, 5.41) is 16.1. The van der Waals surface area contributed by atoms with E-state index in [1.165, 1.54) is 23.5 Å². The van der Waals surface area contributed by atoms with Crippen LogP contribution in [0.4, 0.5) is 5.69 Å². The zero-order valence-corrected chi connectivity index (χ0v) is 16.7. The average Bonchev–Trinajstić information content (AvgIpc) is 3.20. The van der Waals surface area contributed by atoms with Crippen molar-refractivity contribution in [2.24, 2.45) is 0 Å². The van der Waals surface area contributed by atoms with Crippen LogP contribution in [0.2, 0.25) is 0 Å². The molecule has 29 heavy (non-hydrogen) atoms. The van der Waals surface area contributed by atoms with Crippen molar-refractivity contribution in [3.63, 3.8) is 0 Å². The number of thiazole rings is 1. The van der Waals surface area contributed by atoms with Gasteiger partial charge in [-0.05, 0) is 23.8 Å². The highest BCUT2D eigenvalue weighted by molar-refractivity contribution is 7.13. The first kappa shape index (κ1) is 20.3. The zero-order valence-electron chi connectivity index (χ0n) is 15.9. The molecule has 0 saturated heterocycles. The van der Waals surface area contributed by atoms with Crippen LogP contribution in [0.5, 0.6) is 11.5 Å². The summed E-state index contributed by atoms with van der Waals surface area (Å²) in [6.45, 7) is 0.295. The van der Waals surface area contributed by atoms with Gasteiger partial charge in [0.2, 0.25) is 5.91 Å². The van der Waals surface area contributed by atoms with Crippen LogP contribution in [-0.4, -0.2) is 30.0 Å². The summed E-state index contributed by atoms with van der Waals surface area (Å²) in [6.07, 6.45) is 0.150. The fourth-order valence-corrected chi connectivity index (χ4v) is 3.47. The number of hydrogen-bond donors (Lipinski definition) is 1. The molecule has 1 amide bonds. The van der Waals surface area contributed by atoms with E-state index in [2.05, 4.69) is 10.3 Å². The minimum Gasteiger partial charge on any atom is -0.493 e. The molecular weight excluding hydrogens is 394 g/mol. The van der Waals surface area contributed by atoms with E-state index < -0.39 is 4.92 Å². The van der Waals surface area contributed by atoms with Crippen molar-refractivity contribution in [2.75, 3.05) is 14.2 Å². The first-order valence-corrected chi connectivity index (χ1v) is 9.55. The molecule has 3 aromatic rings. The summed E-state index contributed by atoms with van der Waals surface area (Å²) in [5.41, 5.74) is 2.35. The van der Waals surface area contributed by atoms with Crippen molar-refractivity contribution < 1.29 is 19.2 Å². The van der Waals surface area contributed by atoms with Crippen molar-refractivity contribution in [3.8, 4) is 22.1 Å². The van der Waals surface area contributed by atoms with Crippen LogP contribution in [-0.2, 0) is 17.8 Å². The van der Waals surface area contributed by atoms with Gasteiger partial charge in [0.1, 0.15) is 5.01 Å². The Morgan fingerprint density at radius 3 is 2.52 bits per heavy atom. The molecule has 0 atom stereocenters. The third-order valence-electron chi connectivity index (χ3n) is 4.16. The standard InChI is InChI=1S/C20H19N3O5S/c1-27-17-8-5-14(9-18(17)28-2)20-22-15(12-29-20)10-19(24)21-11-13-3-6-16(7-4-13)23(25)26/h3-9,12H,10-11H2,1-2H3,(H,21,24). The summed E-state index contributed by atoms with van der Waals surface area (Å²) < 4.78 is 10.6. The van der Waals surface area contributed by atoms with Crippen LogP contribution < -0.4 is 14.8 Å². The quantitative estimate of drug-likeness (QED) is 0.447. The van der Waals surface area contributed by atoms with Gasteiger partial charge in [0.15, 0.2) is 11.5 Å². The molecule has 0 fully saturated rings. The maximum Gasteiger partial charge on any atom is 0.269 e. The van der Waals surface area contributed by atoms with Crippen molar-refractivity contribution in [1.82, 2.24) is 10.3 Å². The molecule has 1 aromatic heterocycles. The Balaban J connectivity index is 1.59. The predicted molar refractivity (Wildman–Crippen MR) is 109 cm³/mol. The van der Waals surface area contributed by atoms with Crippen LogP contribution in [0.1, 0.15) is 11.3 Å². The van der Waals surface area contributed by atoms with E-state index in [1.54, 1.807) is 26.4 Å². The number of non-ortho nitro benzene ring substituents is 1. The molecule has 3 rings (SSSR count). The number of ether oxygens (including phenoxy) is 2. The number of carbonyl (C=O) groups is 1. The second kappa shape index (κ2) is 9.16. The lowest BCUT2D eigenvalue weighted by Gasteiger charge is -2.08. The molecule has 0 bridgehead atoms. The molecule has 2 aromatic carbocycles. The normalized spacial score (nSPS) is 10.4. The van der Waals surface area contributed by atoms with Crippen LogP contribution in [0.25, 0.3) is 10.6 Å². The second-order valence-electron chi connectivity index (χ2n) is 6.09. The van der Waals surface area contributed by atoms with Gasteiger partial charge in [-0.25, -0.2) is 4.98 Å².